The fourth-order valence-corrected chi connectivity index (χ4v) is 7.57. The molecule has 36 heavy (non-hydrogen) atoms. The van der Waals surface area contributed by atoms with Crippen LogP contribution >= 0.6 is 34.9 Å². The molecule has 0 saturated heterocycles. The number of rotatable bonds is 8. The van der Waals surface area contributed by atoms with Crippen molar-refractivity contribution in [2.75, 3.05) is 5.75 Å². The van der Waals surface area contributed by atoms with Gasteiger partial charge in [0.05, 0.1) is 11.1 Å². The monoisotopic (exact) mass is 531 g/mol. The summed E-state index contributed by atoms with van der Waals surface area (Å²) in [7, 11) is 0. The summed E-state index contributed by atoms with van der Waals surface area (Å²) in [5, 5.41) is 14.9. The van der Waals surface area contributed by atoms with Crippen molar-refractivity contribution >= 4 is 56.6 Å². The Labute approximate surface area is 221 Å². The van der Waals surface area contributed by atoms with E-state index in [-0.39, 0.29) is 11.7 Å². The molecule has 1 aliphatic rings. The van der Waals surface area contributed by atoms with E-state index in [1.807, 2.05) is 36.4 Å². The Balaban J connectivity index is 1.29. The number of hydrogen-bond donors (Lipinski definition) is 1. The Morgan fingerprint density at radius 1 is 0.917 bits per heavy atom. The van der Waals surface area contributed by atoms with Crippen LogP contribution in [-0.4, -0.2) is 31.2 Å². The van der Waals surface area contributed by atoms with Crippen LogP contribution in [0, 0.1) is 0 Å². The SMILES string of the molecule is O=C(CSc1nnc2c3c4c(sc3nc(SCc3ccccc3)n12)CCCC4)NCc1ccccc1. The van der Waals surface area contributed by atoms with Crippen molar-refractivity contribution in [2.24, 2.45) is 0 Å². The van der Waals surface area contributed by atoms with Gasteiger partial charge in [0, 0.05) is 17.2 Å². The van der Waals surface area contributed by atoms with Gasteiger partial charge in [0.2, 0.25) is 5.91 Å². The van der Waals surface area contributed by atoms with Crippen molar-refractivity contribution in [2.45, 2.75) is 48.3 Å². The second-order valence-electron chi connectivity index (χ2n) is 8.75. The number of aryl methyl sites for hydroxylation is 2. The molecule has 0 unspecified atom stereocenters. The molecule has 0 bridgehead atoms. The summed E-state index contributed by atoms with van der Waals surface area (Å²) in [5.74, 6) is 1.05. The molecule has 6 rings (SSSR count). The third-order valence-corrected chi connectivity index (χ3v) is 9.40. The molecule has 1 amide bonds. The Kier molecular flexibility index (Phi) is 6.94. The first kappa shape index (κ1) is 23.5. The number of thioether (sulfide) groups is 2. The maximum absolute atomic E-state index is 12.6. The maximum Gasteiger partial charge on any atom is 0.230 e. The zero-order valence-electron chi connectivity index (χ0n) is 19.6. The van der Waals surface area contributed by atoms with Crippen LogP contribution in [0.5, 0.6) is 0 Å². The third kappa shape index (κ3) is 4.87. The van der Waals surface area contributed by atoms with Gasteiger partial charge in [-0.15, -0.1) is 21.5 Å². The number of thiophene rings is 1. The van der Waals surface area contributed by atoms with Crippen LogP contribution in [0.1, 0.15) is 34.4 Å². The number of benzene rings is 2. The average Bonchev–Trinajstić information content (AvgIpc) is 3.52. The van der Waals surface area contributed by atoms with Crippen molar-refractivity contribution in [3.8, 4) is 0 Å². The van der Waals surface area contributed by atoms with Gasteiger partial charge < -0.3 is 5.32 Å². The van der Waals surface area contributed by atoms with Gasteiger partial charge in [0.25, 0.3) is 0 Å². The fraction of sp³-hybridized carbons (Fsp3) is 0.259. The highest BCUT2D eigenvalue weighted by molar-refractivity contribution is 8.00. The third-order valence-electron chi connectivity index (χ3n) is 6.27. The van der Waals surface area contributed by atoms with Crippen molar-refractivity contribution < 1.29 is 4.79 Å². The molecule has 6 nitrogen and oxygen atoms in total. The molecule has 0 aliphatic heterocycles. The predicted octanol–water partition coefficient (Wildman–Crippen LogP) is 5.92. The molecule has 0 saturated carbocycles. The van der Waals surface area contributed by atoms with Crippen molar-refractivity contribution in [3.05, 3.63) is 82.2 Å². The number of fused-ring (bicyclic) bond motifs is 5. The predicted molar refractivity (Wildman–Crippen MR) is 148 cm³/mol. The van der Waals surface area contributed by atoms with E-state index in [2.05, 4.69) is 44.2 Å². The number of carbonyl (C=O) groups is 1. The van der Waals surface area contributed by atoms with Gasteiger partial charge in [-0.1, -0.05) is 84.2 Å². The minimum absolute atomic E-state index is 0.0268. The first-order valence-corrected chi connectivity index (χ1v) is 14.8. The van der Waals surface area contributed by atoms with Gasteiger partial charge in [0.15, 0.2) is 16.0 Å². The van der Waals surface area contributed by atoms with Gasteiger partial charge in [-0.25, -0.2) is 9.38 Å². The van der Waals surface area contributed by atoms with E-state index in [9.17, 15) is 4.79 Å². The van der Waals surface area contributed by atoms with E-state index in [0.717, 1.165) is 45.2 Å². The summed E-state index contributed by atoms with van der Waals surface area (Å²) >= 11 is 4.91. The van der Waals surface area contributed by atoms with Gasteiger partial charge in [-0.2, -0.15) is 0 Å². The highest BCUT2D eigenvalue weighted by Crippen LogP contribution is 2.40. The second kappa shape index (κ2) is 10.6. The number of nitrogens with zero attached hydrogens (tertiary/aromatic N) is 4. The summed E-state index contributed by atoms with van der Waals surface area (Å²) in [6.07, 6.45) is 4.62. The van der Waals surface area contributed by atoms with Crippen LogP contribution in [-0.2, 0) is 29.9 Å². The first-order chi connectivity index (χ1) is 17.8. The summed E-state index contributed by atoms with van der Waals surface area (Å²) < 4.78 is 2.06. The quantitative estimate of drug-likeness (QED) is 0.198. The molecule has 3 heterocycles. The molecule has 0 fully saturated rings. The van der Waals surface area contributed by atoms with Crippen molar-refractivity contribution in [1.82, 2.24) is 24.9 Å². The lowest BCUT2D eigenvalue weighted by Crippen LogP contribution is -2.24. The molecule has 182 valence electrons. The number of aromatic nitrogens is 4. The molecular formula is C27H25N5OS3. The Morgan fingerprint density at radius 3 is 2.47 bits per heavy atom. The second-order valence-corrected chi connectivity index (χ2v) is 11.7. The molecule has 3 aromatic heterocycles. The van der Waals surface area contributed by atoms with Crippen LogP contribution in [0.2, 0.25) is 0 Å². The summed E-state index contributed by atoms with van der Waals surface area (Å²) in [5.41, 5.74) is 4.58. The average molecular weight is 532 g/mol. The number of hydrogen-bond acceptors (Lipinski definition) is 7. The van der Waals surface area contributed by atoms with Gasteiger partial charge in [0.1, 0.15) is 4.83 Å². The van der Waals surface area contributed by atoms with E-state index in [4.69, 9.17) is 4.98 Å². The minimum atomic E-state index is -0.0268. The Morgan fingerprint density at radius 2 is 1.67 bits per heavy atom. The molecule has 0 radical (unpaired) electrons. The van der Waals surface area contributed by atoms with Crippen LogP contribution in [0.25, 0.3) is 15.9 Å². The van der Waals surface area contributed by atoms with Crippen LogP contribution < -0.4 is 5.32 Å². The molecule has 0 spiro atoms. The van der Waals surface area contributed by atoms with Crippen molar-refractivity contribution in [3.63, 3.8) is 0 Å². The molecule has 1 N–H and O–H groups in total. The van der Waals surface area contributed by atoms with Gasteiger partial charge >= 0.3 is 0 Å². The summed E-state index contributed by atoms with van der Waals surface area (Å²) in [6, 6.07) is 20.4. The first-order valence-electron chi connectivity index (χ1n) is 12.1. The van der Waals surface area contributed by atoms with E-state index >= 15 is 0 Å². The van der Waals surface area contributed by atoms with Crippen LogP contribution in [0.4, 0.5) is 0 Å². The maximum atomic E-state index is 12.6. The molecule has 5 aromatic rings. The molecule has 9 heteroatoms. The molecule has 0 atom stereocenters. The standard InChI is InChI=1S/C27H25N5OS3/c33-22(28-15-18-9-3-1-4-10-18)17-35-27-31-30-24-23-20-13-7-8-14-21(20)36-25(23)29-26(32(24)27)34-16-19-11-5-2-6-12-19/h1-6,9-12H,7-8,13-17H2,(H,28,33). The fourth-order valence-electron chi connectivity index (χ4n) is 4.49. The zero-order valence-corrected chi connectivity index (χ0v) is 22.1. The number of carbonyl (C=O) groups excluding carboxylic acids is 1. The van der Waals surface area contributed by atoms with Gasteiger partial charge in [-0.05, 0) is 42.4 Å². The summed E-state index contributed by atoms with van der Waals surface area (Å²) in [4.78, 5) is 20.2. The van der Waals surface area contributed by atoms with Gasteiger partial charge in [-0.3, -0.25) is 4.79 Å². The highest BCUT2D eigenvalue weighted by atomic mass is 32.2. The number of amides is 1. The smallest absolute Gasteiger partial charge is 0.230 e. The Hall–Kier alpha value is -2.88. The zero-order chi connectivity index (χ0) is 24.3. The highest BCUT2D eigenvalue weighted by Gasteiger charge is 2.24. The Bertz CT molecular complexity index is 1510. The van der Waals surface area contributed by atoms with Crippen LogP contribution in [0.15, 0.2) is 71.0 Å². The molecule has 1 aliphatic carbocycles. The van der Waals surface area contributed by atoms with E-state index in [1.54, 1.807) is 23.1 Å². The van der Waals surface area contributed by atoms with E-state index in [0.29, 0.717) is 11.7 Å². The minimum Gasteiger partial charge on any atom is -0.351 e. The van der Waals surface area contributed by atoms with Crippen LogP contribution in [0.3, 0.4) is 0 Å². The van der Waals surface area contributed by atoms with Crippen molar-refractivity contribution in [1.29, 1.82) is 0 Å². The number of nitrogens with one attached hydrogen (secondary N) is 1. The van der Waals surface area contributed by atoms with E-state index < -0.39 is 0 Å². The largest absolute Gasteiger partial charge is 0.351 e. The lowest BCUT2D eigenvalue weighted by Gasteiger charge is -2.11. The molecule has 2 aromatic carbocycles. The summed E-state index contributed by atoms with van der Waals surface area (Å²) in [6.45, 7) is 0.516. The molecular weight excluding hydrogens is 507 g/mol. The lowest BCUT2D eigenvalue weighted by molar-refractivity contribution is -0.118. The normalized spacial score (nSPS) is 13.2. The lowest BCUT2D eigenvalue weighted by atomic mass is 9.97. The van der Waals surface area contributed by atoms with E-state index in [1.165, 1.54) is 40.6 Å². The topological polar surface area (TPSA) is 72.2 Å².